The highest BCUT2D eigenvalue weighted by Crippen LogP contribution is 2.41. The minimum absolute atomic E-state index is 0.0506. The summed E-state index contributed by atoms with van der Waals surface area (Å²) in [6, 6.07) is 14.8. The molecule has 0 aliphatic rings. The average molecular weight is 474 g/mol. The van der Waals surface area contributed by atoms with Crippen LogP contribution in [0.25, 0.3) is 11.1 Å². The van der Waals surface area contributed by atoms with E-state index in [2.05, 4.69) is 20.9 Å². The number of benzene rings is 2. The van der Waals surface area contributed by atoms with Crippen molar-refractivity contribution in [2.24, 2.45) is 0 Å². The van der Waals surface area contributed by atoms with E-state index in [9.17, 15) is 10.1 Å². The van der Waals surface area contributed by atoms with E-state index in [0.29, 0.717) is 44.4 Å². The van der Waals surface area contributed by atoms with Crippen LogP contribution in [0.15, 0.2) is 51.7 Å². The fourth-order valence-corrected chi connectivity index (χ4v) is 3.67. The number of aromatic amines is 1. The summed E-state index contributed by atoms with van der Waals surface area (Å²) in [6.45, 7) is 4.34. The molecule has 0 bridgehead atoms. The number of H-pyrrole nitrogens is 1. The van der Waals surface area contributed by atoms with Crippen LogP contribution in [-0.2, 0) is 6.61 Å². The maximum absolute atomic E-state index is 12.2. The predicted molar refractivity (Wildman–Crippen MR) is 117 cm³/mol. The Bertz CT molecular complexity index is 1150. The molecule has 0 atom stereocenters. The van der Waals surface area contributed by atoms with Crippen molar-refractivity contribution < 1.29 is 9.47 Å². The van der Waals surface area contributed by atoms with Crippen molar-refractivity contribution in [2.75, 3.05) is 6.61 Å². The van der Waals surface area contributed by atoms with Crippen LogP contribution < -0.4 is 15.0 Å². The second-order valence-corrected chi connectivity index (χ2v) is 7.54. The Labute approximate surface area is 182 Å². The Balaban J connectivity index is 2.05. The number of hydrogen-bond acceptors (Lipinski definition) is 4. The van der Waals surface area contributed by atoms with Gasteiger partial charge in [-0.25, -0.2) is 0 Å². The molecule has 2 aromatic carbocycles. The molecule has 3 rings (SSSR count). The van der Waals surface area contributed by atoms with Crippen molar-refractivity contribution in [2.45, 2.75) is 20.5 Å². The number of aryl methyl sites for hydroxylation is 1. The zero-order valence-electron chi connectivity index (χ0n) is 15.9. The predicted octanol–water partition coefficient (Wildman–Crippen LogP) is 5.62. The van der Waals surface area contributed by atoms with Gasteiger partial charge in [0.25, 0.3) is 5.56 Å². The van der Waals surface area contributed by atoms with Gasteiger partial charge in [0.15, 0.2) is 11.5 Å². The van der Waals surface area contributed by atoms with E-state index in [-0.39, 0.29) is 12.2 Å². The third kappa shape index (κ3) is 4.64. The fraction of sp³-hybridized carbons (Fsp3) is 0.182. The number of pyridine rings is 1. The molecular formula is C22H18BrClN2O3. The summed E-state index contributed by atoms with van der Waals surface area (Å²) < 4.78 is 12.4. The first kappa shape index (κ1) is 21.0. The summed E-state index contributed by atoms with van der Waals surface area (Å²) in [7, 11) is 0. The van der Waals surface area contributed by atoms with Gasteiger partial charge in [-0.3, -0.25) is 4.79 Å². The van der Waals surface area contributed by atoms with E-state index in [1.165, 1.54) is 0 Å². The van der Waals surface area contributed by atoms with Gasteiger partial charge in [0, 0.05) is 21.8 Å². The van der Waals surface area contributed by atoms with Crippen LogP contribution in [-0.4, -0.2) is 11.6 Å². The van der Waals surface area contributed by atoms with E-state index in [1.54, 1.807) is 31.2 Å². The molecule has 148 valence electrons. The van der Waals surface area contributed by atoms with Crippen LogP contribution in [0.3, 0.4) is 0 Å². The Morgan fingerprint density at radius 1 is 1.21 bits per heavy atom. The van der Waals surface area contributed by atoms with E-state index in [0.717, 1.165) is 5.56 Å². The van der Waals surface area contributed by atoms with Crippen LogP contribution >= 0.6 is 27.5 Å². The molecule has 0 unspecified atom stereocenters. The number of nitrogens with zero attached hydrogens (tertiary/aromatic N) is 1. The number of halogens is 2. The smallest absolute Gasteiger partial charge is 0.266 e. The number of ether oxygens (including phenoxy) is 2. The number of hydrogen-bond donors (Lipinski definition) is 1. The molecule has 1 N–H and O–H groups in total. The van der Waals surface area contributed by atoms with Gasteiger partial charge in [0.2, 0.25) is 0 Å². The summed E-state index contributed by atoms with van der Waals surface area (Å²) in [5.74, 6) is 1.03. The van der Waals surface area contributed by atoms with E-state index in [4.69, 9.17) is 21.1 Å². The van der Waals surface area contributed by atoms with Crippen LogP contribution in [0.4, 0.5) is 0 Å². The molecule has 0 aliphatic carbocycles. The van der Waals surface area contributed by atoms with Crippen LogP contribution in [0.5, 0.6) is 11.5 Å². The van der Waals surface area contributed by atoms with E-state index < -0.39 is 5.56 Å². The first-order chi connectivity index (χ1) is 13.9. The summed E-state index contributed by atoms with van der Waals surface area (Å²) in [6.07, 6.45) is 0. The van der Waals surface area contributed by atoms with E-state index in [1.807, 2.05) is 31.2 Å². The summed E-state index contributed by atoms with van der Waals surface area (Å²) in [4.78, 5) is 14.8. The average Bonchev–Trinajstić information content (AvgIpc) is 2.68. The Morgan fingerprint density at radius 3 is 2.66 bits per heavy atom. The molecule has 1 aromatic heterocycles. The van der Waals surface area contributed by atoms with Crippen molar-refractivity contribution in [3.05, 3.63) is 79.1 Å². The van der Waals surface area contributed by atoms with Gasteiger partial charge in [-0.2, -0.15) is 5.26 Å². The van der Waals surface area contributed by atoms with Gasteiger partial charge in [-0.15, -0.1) is 0 Å². The largest absolute Gasteiger partial charge is 0.490 e. The van der Waals surface area contributed by atoms with Crippen molar-refractivity contribution in [1.29, 1.82) is 5.26 Å². The Kier molecular flexibility index (Phi) is 6.63. The van der Waals surface area contributed by atoms with Gasteiger partial charge in [0.05, 0.1) is 11.1 Å². The zero-order valence-corrected chi connectivity index (χ0v) is 18.2. The monoisotopic (exact) mass is 472 g/mol. The van der Waals surface area contributed by atoms with Gasteiger partial charge in [-0.05, 0) is 59.6 Å². The minimum atomic E-state index is -0.421. The molecule has 3 aromatic rings. The standard InChI is InChI=1S/C22H18BrClN2O3/c1-3-28-20-10-15(16-8-13(2)26-22(27)17(16)11-25)9-18(23)21(20)29-12-14-6-4-5-7-19(14)24/h4-10H,3,12H2,1-2H3,(H,26,27). The first-order valence-electron chi connectivity index (χ1n) is 8.91. The van der Waals surface area contributed by atoms with Crippen molar-refractivity contribution in [3.8, 4) is 28.7 Å². The molecule has 0 fully saturated rings. The number of aromatic nitrogens is 1. The third-order valence-corrected chi connectivity index (χ3v) is 5.19. The Morgan fingerprint density at radius 2 is 1.97 bits per heavy atom. The second-order valence-electron chi connectivity index (χ2n) is 6.28. The van der Waals surface area contributed by atoms with Crippen LogP contribution in [0.1, 0.15) is 23.7 Å². The zero-order chi connectivity index (χ0) is 21.0. The lowest BCUT2D eigenvalue weighted by molar-refractivity contribution is 0.268. The Hall–Kier alpha value is -2.75. The number of nitriles is 1. The van der Waals surface area contributed by atoms with Gasteiger partial charge in [0.1, 0.15) is 18.2 Å². The lowest BCUT2D eigenvalue weighted by Crippen LogP contribution is -2.12. The summed E-state index contributed by atoms with van der Waals surface area (Å²) in [5.41, 5.74) is 2.36. The van der Waals surface area contributed by atoms with Gasteiger partial charge < -0.3 is 14.5 Å². The fourth-order valence-electron chi connectivity index (χ4n) is 2.92. The molecule has 5 nitrogen and oxygen atoms in total. The maximum Gasteiger partial charge on any atom is 0.266 e. The van der Waals surface area contributed by atoms with Crippen LogP contribution in [0, 0.1) is 18.3 Å². The highest BCUT2D eigenvalue weighted by atomic mass is 79.9. The topological polar surface area (TPSA) is 75.1 Å². The van der Waals surface area contributed by atoms with Crippen molar-refractivity contribution in [3.63, 3.8) is 0 Å². The maximum atomic E-state index is 12.2. The molecule has 0 spiro atoms. The van der Waals surface area contributed by atoms with Gasteiger partial charge in [-0.1, -0.05) is 29.8 Å². The third-order valence-electron chi connectivity index (χ3n) is 4.23. The molecule has 0 aliphatic heterocycles. The SMILES string of the molecule is CCOc1cc(-c2cc(C)[nH]c(=O)c2C#N)cc(Br)c1OCc1ccccc1Cl. The summed E-state index contributed by atoms with van der Waals surface area (Å²) in [5, 5.41) is 10.1. The van der Waals surface area contributed by atoms with E-state index >= 15 is 0 Å². The first-order valence-corrected chi connectivity index (χ1v) is 10.1. The highest BCUT2D eigenvalue weighted by molar-refractivity contribution is 9.10. The molecule has 0 saturated carbocycles. The normalized spacial score (nSPS) is 10.4. The molecule has 7 heteroatoms. The number of nitrogens with one attached hydrogen (secondary N) is 1. The molecule has 1 heterocycles. The molecule has 29 heavy (non-hydrogen) atoms. The molecular weight excluding hydrogens is 456 g/mol. The second kappa shape index (κ2) is 9.17. The van der Waals surface area contributed by atoms with Gasteiger partial charge >= 0.3 is 0 Å². The molecule has 0 amide bonds. The molecule has 0 radical (unpaired) electrons. The molecule has 0 saturated heterocycles. The summed E-state index contributed by atoms with van der Waals surface area (Å²) >= 11 is 9.75. The number of rotatable bonds is 6. The minimum Gasteiger partial charge on any atom is -0.490 e. The quantitative estimate of drug-likeness (QED) is 0.504. The van der Waals surface area contributed by atoms with Crippen molar-refractivity contribution >= 4 is 27.5 Å². The lowest BCUT2D eigenvalue weighted by atomic mass is 10.0. The van der Waals surface area contributed by atoms with Crippen LogP contribution in [0.2, 0.25) is 5.02 Å². The van der Waals surface area contributed by atoms with Crippen molar-refractivity contribution in [1.82, 2.24) is 4.98 Å². The lowest BCUT2D eigenvalue weighted by Gasteiger charge is -2.16. The highest BCUT2D eigenvalue weighted by Gasteiger charge is 2.17.